The summed E-state index contributed by atoms with van der Waals surface area (Å²) in [5.74, 6) is -0.473. The van der Waals surface area contributed by atoms with Crippen molar-refractivity contribution in [3.05, 3.63) is 59.7 Å². The first-order chi connectivity index (χ1) is 11.3. The normalized spacial score (nSPS) is 11.9. The second-order valence-electron chi connectivity index (χ2n) is 5.49. The highest BCUT2D eigenvalue weighted by Crippen LogP contribution is 2.43. The van der Waals surface area contributed by atoms with Gasteiger partial charge >= 0.3 is 6.18 Å². The number of halogens is 3. The number of alkyl halides is 3. The first kappa shape index (κ1) is 16.3. The topological polar surface area (TPSA) is 48.0 Å². The summed E-state index contributed by atoms with van der Waals surface area (Å²) < 4.78 is 42.3. The lowest BCUT2D eigenvalue weighted by Crippen LogP contribution is -2.11. The van der Waals surface area contributed by atoms with Crippen LogP contribution < -0.4 is 5.73 Å². The highest BCUT2D eigenvalue weighted by atomic mass is 19.4. The molecule has 0 fully saturated rings. The van der Waals surface area contributed by atoms with Crippen molar-refractivity contribution in [2.24, 2.45) is 5.73 Å². The maximum Gasteiger partial charge on any atom is 0.419 e. The number of nitrogens with two attached hydrogens (primary N) is 1. The molecule has 0 radical (unpaired) electrons. The van der Waals surface area contributed by atoms with Gasteiger partial charge in [-0.3, -0.25) is 9.36 Å². The van der Waals surface area contributed by atoms with Crippen LogP contribution in [0, 0.1) is 0 Å². The third-order valence-corrected chi connectivity index (χ3v) is 3.94. The number of rotatable bonds is 2. The molecular formula is C18H15F3N2O. The fraction of sp³-hybridized carbons (Fsp3) is 0.167. The second-order valence-corrected chi connectivity index (χ2v) is 5.49. The molecule has 0 aliphatic carbocycles. The largest absolute Gasteiger partial charge is 0.419 e. The number of hydrogen-bond acceptors (Lipinski definition) is 2. The first-order valence-corrected chi connectivity index (χ1v) is 7.35. The van der Waals surface area contributed by atoms with Gasteiger partial charge in [-0.05, 0) is 17.2 Å². The van der Waals surface area contributed by atoms with Crippen LogP contribution in [0.15, 0.2) is 48.5 Å². The van der Waals surface area contributed by atoms with Crippen molar-refractivity contribution in [1.82, 2.24) is 4.57 Å². The predicted molar refractivity (Wildman–Crippen MR) is 86.6 cm³/mol. The minimum absolute atomic E-state index is 0.0121. The molecule has 1 aromatic heterocycles. The Kier molecular flexibility index (Phi) is 3.93. The van der Waals surface area contributed by atoms with Gasteiger partial charge in [0.2, 0.25) is 5.91 Å². The third-order valence-electron chi connectivity index (χ3n) is 3.94. The van der Waals surface area contributed by atoms with Gasteiger partial charge in [0, 0.05) is 18.9 Å². The van der Waals surface area contributed by atoms with E-state index < -0.39 is 17.6 Å². The Morgan fingerprint density at radius 1 is 1.08 bits per heavy atom. The molecule has 0 amide bonds. The molecule has 3 nitrogen and oxygen atoms in total. The van der Waals surface area contributed by atoms with E-state index in [1.54, 1.807) is 30.3 Å². The van der Waals surface area contributed by atoms with Gasteiger partial charge in [-0.1, -0.05) is 42.5 Å². The van der Waals surface area contributed by atoms with Crippen LogP contribution in [0.5, 0.6) is 0 Å². The summed E-state index contributed by atoms with van der Waals surface area (Å²) in [6.45, 7) is 1.55. The van der Waals surface area contributed by atoms with Crippen LogP contribution in [-0.4, -0.2) is 10.5 Å². The number of carbonyl (C=O) groups excluding carboxylic acids is 1. The summed E-state index contributed by atoms with van der Waals surface area (Å²) >= 11 is 0. The van der Waals surface area contributed by atoms with Crippen molar-refractivity contribution >= 4 is 16.8 Å². The Labute approximate surface area is 136 Å². The number of fused-ring (bicyclic) bond motifs is 1. The number of hydrogen-bond donors (Lipinski definition) is 1. The van der Waals surface area contributed by atoms with Crippen LogP contribution >= 0.6 is 0 Å². The maximum absolute atomic E-state index is 13.7. The number of benzene rings is 2. The van der Waals surface area contributed by atoms with Crippen LogP contribution in [0.3, 0.4) is 0 Å². The molecule has 3 rings (SSSR count). The maximum atomic E-state index is 13.7. The highest BCUT2D eigenvalue weighted by molar-refractivity contribution is 6.01. The molecule has 0 saturated heterocycles. The average Bonchev–Trinajstić information content (AvgIpc) is 2.90. The third kappa shape index (κ3) is 2.59. The van der Waals surface area contributed by atoms with Crippen LogP contribution in [0.2, 0.25) is 0 Å². The van der Waals surface area contributed by atoms with E-state index in [-0.39, 0.29) is 16.6 Å². The molecule has 2 aromatic carbocycles. The number of para-hydroxylation sites is 1. The Hall–Kier alpha value is -2.60. The van der Waals surface area contributed by atoms with Gasteiger partial charge in [0.05, 0.1) is 16.8 Å². The minimum atomic E-state index is -4.58. The summed E-state index contributed by atoms with van der Waals surface area (Å²) in [4.78, 5) is 12.1. The SMILES string of the molecule is CC(=O)n1c(-c2ccc(CN)cc2)c(C(F)(F)F)c2ccccc21. The molecule has 0 bridgehead atoms. The van der Waals surface area contributed by atoms with Crippen molar-refractivity contribution in [3.8, 4) is 11.3 Å². The Balaban J connectivity index is 2.43. The van der Waals surface area contributed by atoms with Crippen LogP contribution in [0.4, 0.5) is 13.2 Å². The fourth-order valence-corrected chi connectivity index (χ4v) is 2.93. The monoisotopic (exact) mass is 332 g/mol. The average molecular weight is 332 g/mol. The molecule has 2 N–H and O–H groups in total. The molecule has 0 spiro atoms. The molecule has 0 aliphatic heterocycles. The molecule has 3 aromatic rings. The minimum Gasteiger partial charge on any atom is -0.326 e. The zero-order chi connectivity index (χ0) is 17.5. The van der Waals surface area contributed by atoms with Crippen LogP contribution in [-0.2, 0) is 12.7 Å². The van der Waals surface area contributed by atoms with Crippen LogP contribution in [0.1, 0.15) is 22.8 Å². The van der Waals surface area contributed by atoms with E-state index in [9.17, 15) is 18.0 Å². The van der Waals surface area contributed by atoms with Gasteiger partial charge in [-0.15, -0.1) is 0 Å². The molecule has 1 heterocycles. The Bertz CT molecular complexity index is 908. The molecule has 0 atom stereocenters. The summed E-state index contributed by atoms with van der Waals surface area (Å²) in [6, 6.07) is 12.5. The first-order valence-electron chi connectivity index (χ1n) is 7.35. The smallest absolute Gasteiger partial charge is 0.326 e. The van der Waals surface area contributed by atoms with Crippen molar-refractivity contribution in [2.75, 3.05) is 0 Å². The van der Waals surface area contributed by atoms with E-state index in [0.29, 0.717) is 12.1 Å². The van der Waals surface area contributed by atoms with E-state index >= 15 is 0 Å². The fourth-order valence-electron chi connectivity index (χ4n) is 2.93. The second kappa shape index (κ2) is 5.79. The van der Waals surface area contributed by atoms with Crippen molar-refractivity contribution < 1.29 is 18.0 Å². The molecular weight excluding hydrogens is 317 g/mol. The lowest BCUT2D eigenvalue weighted by atomic mass is 10.0. The lowest BCUT2D eigenvalue weighted by Gasteiger charge is -2.12. The van der Waals surface area contributed by atoms with Crippen LogP contribution in [0.25, 0.3) is 22.2 Å². The summed E-state index contributed by atoms with van der Waals surface area (Å²) in [5.41, 5.74) is 5.98. The number of nitrogens with zero attached hydrogens (tertiary/aromatic N) is 1. The van der Waals surface area contributed by atoms with Gasteiger partial charge < -0.3 is 5.73 Å². The van der Waals surface area contributed by atoms with Gasteiger partial charge in [-0.2, -0.15) is 13.2 Å². The molecule has 0 aliphatic rings. The Morgan fingerprint density at radius 3 is 2.25 bits per heavy atom. The molecule has 0 unspecified atom stereocenters. The van der Waals surface area contributed by atoms with E-state index in [2.05, 4.69) is 0 Å². The Morgan fingerprint density at radius 2 is 1.71 bits per heavy atom. The zero-order valence-electron chi connectivity index (χ0n) is 12.9. The highest BCUT2D eigenvalue weighted by Gasteiger charge is 2.39. The van der Waals surface area contributed by atoms with E-state index in [4.69, 9.17) is 5.73 Å². The quantitative estimate of drug-likeness (QED) is 0.754. The summed E-state index contributed by atoms with van der Waals surface area (Å²) in [5, 5.41) is 0.0121. The number of aromatic nitrogens is 1. The van der Waals surface area contributed by atoms with E-state index in [1.165, 1.54) is 25.1 Å². The summed E-state index contributed by atoms with van der Waals surface area (Å²) in [7, 11) is 0. The molecule has 124 valence electrons. The predicted octanol–water partition coefficient (Wildman–Crippen LogP) is 4.45. The van der Waals surface area contributed by atoms with Crippen molar-refractivity contribution in [3.63, 3.8) is 0 Å². The van der Waals surface area contributed by atoms with Gasteiger partial charge in [0.15, 0.2) is 0 Å². The van der Waals surface area contributed by atoms with Crippen molar-refractivity contribution in [2.45, 2.75) is 19.6 Å². The van der Waals surface area contributed by atoms with Gasteiger partial charge in [-0.25, -0.2) is 0 Å². The summed E-state index contributed by atoms with van der Waals surface area (Å²) in [6.07, 6.45) is -4.58. The van der Waals surface area contributed by atoms with Gasteiger partial charge in [0.25, 0.3) is 0 Å². The van der Waals surface area contributed by atoms with Gasteiger partial charge in [0.1, 0.15) is 0 Å². The molecule has 24 heavy (non-hydrogen) atoms. The van der Waals surface area contributed by atoms with E-state index in [1.807, 2.05) is 0 Å². The van der Waals surface area contributed by atoms with E-state index in [0.717, 1.165) is 10.1 Å². The molecule has 6 heteroatoms. The zero-order valence-corrected chi connectivity index (χ0v) is 12.9. The molecule has 0 saturated carbocycles. The number of carbonyl (C=O) groups is 1. The lowest BCUT2D eigenvalue weighted by molar-refractivity contribution is -0.135. The van der Waals surface area contributed by atoms with Crippen molar-refractivity contribution in [1.29, 1.82) is 0 Å². The standard InChI is InChI=1S/C18H15F3N2O/c1-11(24)23-15-5-3-2-4-14(15)16(18(19,20)21)17(23)13-8-6-12(10-22)7-9-13/h2-9H,10,22H2,1H3.